The molecule has 112 valence electrons. The molecule has 0 spiro atoms. The number of aromatic nitrogens is 2. The minimum atomic E-state index is 0.256. The second-order valence-electron chi connectivity index (χ2n) is 5.09. The molecule has 0 radical (unpaired) electrons. The molecule has 5 heteroatoms. The Morgan fingerprint density at radius 2 is 2.05 bits per heavy atom. The number of rotatable bonds is 6. The molecule has 0 aliphatic heterocycles. The van der Waals surface area contributed by atoms with E-state index in [0.717, 1.165) is 33.9 Å². The summed E-state index contributed by atoms with van der Waals surface area (Å²) >= 11 is 2.27. The highest BCUT2D eigenvalue weighted by molar-refractivity contribution is 14.1. The summed E-state index contributed by atoms with van der Waals surface area (Å²) in [6.45, 7) is 7.17. The van der Waals surface area contributed by atoms with Crippen LogP contribution in [0, 0.1) is 3.57 Å². The Hall–Kier alpha value is -1.37. The smallest absolute Gasteiger partial charge is 0.224 e. The fourth-order valence-electron chi connectivity index (χ4n) is 1.75. The van der Waals surface area contributed by atoms with E-state index in [9.17, 15) is 0 Å². The highest BCUT2D eigenvalue weighted by Gasteiger charge is 2.09. The van der Waals surface area contributed by atoms with Gasteiger partial charge >= 0.3 is 0 Å². The van der Waals surface area contributed by atoms with Gasteiger partial charge in [-0.3, -0.25) is 0 Å². The normalized spacial score (nSPS) is 10.7. The Kier molecular flexibility index (Phi) is 5.78. The number of hydrogen-bond acceptors (Lipinski definition) is 4. The molecule has 0 atom stereocenters. The van der Waals surface area contributed by atoms with Crippen LogP contribution in [0.15, 0.2) is 30.3 Å². The molecule has 0 unspecified atom stereocenters. The van der Waals surface area contributed by atoms with E-state index in [1.807, 2.05) is 30.3 Å². The SMILES string of the molecule is CCCNc1cc(Oc2cccc(I)c2)nc(C(C)C)n1. The van der Waals surface area contributed by atoms with Gasteiger partial charge in [0.2, 0.25) is 5.88 Å². The van der Waals surface area contributed by atoms with Crippen molar-refractivity contribution in [3.05, 3.63) is 39.7 Å². The van der Waals surface area contributed by atoms with Crippen LogP contribution in [0.25, 0.3) is 0 Å². The minimum absolute atomic E-state index is 0.256. The first-order chi connectivity index (χ1) is 10.1. The number of hydrogen-bond donors (Lipinski definition) is 1. The average molecular weight is 397 g/mol. The van der Waals surface area contributed by atoms with Crippen LogP contribution in [0.3, 0.4) is 0 Å². The fourth-order valence-corrected chi connectivity index (χ4v) is 2.26. The number of anilines is 1. The first-order valence-corrected chi connectivity index (χ1v) is 8.22. The van der Waals surface area contributed by atoms with Crippen molar-refractivity contribution in [1.82, 2.24) is 9.97 Å². The molecule has 0 aliphatic rings. The van der Waals surface area contributed by atoms with Gasteiger partial charge < -0.3 is 10.1 Å². The lowest BCUT2D eigenvalue weighted by molar-refractivity contribution is 0.457. The third kappa shape index (κ3) is 4.84. The van der Waals surface area contributed by atoms with Gasteiger partial charge in [0.15, 0.2) is 0 Å². The lowest BCUT2D eigenvalue weighted by atomic mass is 10.2. The van der Waals surface area contributed by atoms with Gasteiger partial charge in [-0.1, -0.05) is 26.8 Å². The summed E-state index contributed by atoms with van der Waals surface area (Å²) in [5.74, 6) is 3.23. The molecule has 0 saturated heterocycles. The summed E-state index contributed by atoms with van der Waals surface area (Å²) in [4.78, 5) is 9.02. The number of ether oxygens (including phenoxy) is 1. The van der Waals surface area contributed by atoms with E-state index in [4.69, 9.17) is 4.74 Å². The van der Waals surface area contributed by atoms with E-state index < -0.39 is 0 Å². The standard InChI is InChI=1S/C16H20IN3O/c1-4-8-18-14-10-15(20-16(19-14)11(2)3)21-13-7-5-6-12(17)9-13/h5-7,9-11H,4,8H2,1-3H3,(H,18,19,20). The molecule has 1 aromatic heterocycles. The number of halogens is 1. The monoisotopic (exact) mass is 397 g/mol. The molecule has 21 heavy (non-hydrogen) atoms. The Balaban J connectivity index is 2.26. The van der Waals surface area contributed by atoms with Gasteiger partial charge in [0, 0.05) is 22.1 Å². The van der Waals surface area contributed by atoms with Gasteiger partial charge in [-0.25, -0.2) is 4.98 Å². The number of nitrogens with zero attached hydrogens (tertiary/aromatic N) is 2. The second-order valence-corrected chi connectivity index (χ2v) is 6.34. The van der Waals surface area contributed by atoms with Crippen LogP contribution < -0.4 is 10.1 Å². The molecule has 2 rings (SSSR count). The maximum Gasteiger partial charge on any atom is 0.224 e. The van der Waals surface area contributed by atoms with Crippen molar-refractivity contribution in [2.75, 3.05) is 11.9 Å². The molecule has 0 fully saturated rings. The molecular weight excluding hydrogens is 377 g/mol. The van der Waals surface area contributed by atoms with Crippen LogP contribution >= 0.6 is 22.6 Å². The van der Waals surface area contributed by atoms with Crippen LogP contribution in [0.5, 0.6) is 11.6 Å². The first-order valence-electron chi connectivity index (χ1n) is 7.14. The highest BCUT2D eigenvalue weighted by atomic mass is 127. The van der Waals surface area contributed by atoms with Crippen LogP contribution in [-0.4, -0.2) is 16.5 Å². The van der Waals surface area contributed by atoms with E-state index in [-0.39, 0.29) is 5.92 Å². The zero-order chi connectivity index (χ0) is 15.2. The maximum absolute atomic E-state index is 5.87. The Morgan fingerprint density at radius 3 is 2.71 bits per heavy atom. The van der Waals surface area contributed by atoms with Gasteiger partial charge in [-0.05, 0) is 47.2 Å². The Morgan fingerprint density at radius 1 is 1.24 bits per heavy atom. The first kappa shape index (κ1) is 16.0. The largest absolute Gasteiger partial charge is 0.439 e. The molecule has 4 nitrogen and oxygen atoms in total. The van der Waals surface area contributed by atoms with E-state index in [2.05, 4.69) is 58.6 Å². The summed E-state index contributed by atoms with van der Waals surface area (Å²) in [5, 5.41) is 3.29. The van der Waals surface area contributed by atoms with Crippen LogP contribution in [0.2, 0.25) is 0 Å². The summed E-state index contributed by atoms with van der Waals surface area (Å²) in [7, 11) is 0. The average Bonchev–Trinajstić information content (AvgIpc) is 2.45. The summed E-state index contributed by atoms with van der Waals surface area (Å²) in [5.41, 5.74) is 0. The zero-order valence-corrected chi connectivity index (χ0v) is 14.7. The van der Waals surface area contributed by atoms with Gasteiger partial charge in [0.1, 0.15) is 17.4 Å². The molecule has 1 N–H and O–H groups in total. The summed E-state index contributed by atoms with van der Waals surface area (Å²) in [6.07, 6.45) is 1.05. The predicted molar refractivity (Wildman–Crippen MR) is 94.1 cm³/mol. The molecule has 0 amide bonds. The van der Waals surface area contributed by atoms with Crippen molar-refractivity contribution in [3.8, 4) is 11.6 Å². The minimum Gasteiger partial charge on any atom is -0.439 e. The van der Waals surface area contributed by atoms with E-state index in [1.54, 1.807) is 0 Å². The van der Waals surface area contributed by atoms with Gasteiger partial charge in [-0.15, -0.1) is 0 Å². The number of benzene rings is 1. The molecule has 0 aliphatic carbocycles. The Bertz CT molecular complexity index is 602. The molecule has 0 saturated carbocycles. The van der Waals surface area contributed by atoms with Crippen LogP contribution in [0.1, 0.15) is 38.9 Å². The molecule has 2 aromatic rings. The lowest BCUT2D eigenvalue weighted by Gasteiger charge is -2.12. The van der Waals surface area contributed by atoms with Crippen molar-refractivity contribution in [1.29, 1.82) is 0 Å². The van der Waals surface area contributed by atoms with Crippen molar-refractivity contribution in [2.24, 2.45) is 0 Å². The van der Waals surface area contributed by atoms with Crippen molar-refractivity contribution < 1.29 is 4.74 Å². The Labute approximate surface area is 139 Å². The summed E-state index contributed by atoms with van der Waals surface area (Å²) < 4.78 is 7.01. The van der Waals surface area contributed by atoms with Gasteiger partial charge in [-0.2, -0.15) is 4.98 Å². The van der Waals surface area contributed by atoms with E-state index in [1.165, 1.54) is 0 Å². The lowest BCUT2D eigenvalue weighted by Crippen LogP contribution is -2.07. The highest BCUT2D eigenvalue weighted by Crippen LogP contribution is 2.25. The van der Waals surface area contributed by atoms with Crippen LogP contribution in [0.4, 0.5) is 5.82 Å². The second kappa shape index (κ2) is 7.59. The van der Waals surface area contributed by atoms with Crippen molar-refractivity contribution in [2.45, 2.75) is 33.1 Å². The van der Waals surface area contributed by atoms with Gasteiger partial charge in [0.05, 0.1) is 0 Å². The van der Waals surface area contributed by atoms with Crippen molar-refractivity contribution >= 4 is 28.4 Å². The molecular formula is C16H20IN3O. The third-order valence-electron chi connectivity index (χ3n) is 2.81. The maximum atomic E-state index is 5.87. The number of nitrogens with one attached hydrogen (secondary N) is 1. The summed E-state index contributed by atoms with van der Waals surface area (Å²) in [6, 6.07) is 9.76. The molecule has 1 heterocycles. The van der Waals surface area contributed by atoms with E-state index in [0.29, 0.717) is 5.88 Å². The predicted octanol–water partition coefficient (Wildman–Crippen LogP) is 4.82. The molecule has 0 bridgehead atoms. The fraction of sp³-hybridized carbons (Fsp3) is 0.375. The van der Waals surface area contributed by atoms with Gasteiger partial charge in [0.25, 0.3) is 0 Å². The quantitative estimate of drug-likeness (QED) is 0.711. The third-order valence-corrected chi connectivity index (χ3v) is 3.48. The van der Waals surface area contributed by atoms with E-state index >= 15 is 0 Å². The van der Waals surface area contributed by atoms with Crippen LogP contribution in [-0.2, 0) is 0 Å². The van der Waals surface area contributed by atoms with Crippen molar-refractivity contribution in [3.63, 3.8) is 0 Å². The zero-order valence-electron chi connectivity index (χ0n) is 12.6. The molecule has 1 aromatic carbocycles. The topological polar surface area (TPSA) is 47.0 Å².